The van der Waals surface area contributed by atoms with E-state index >= 15 is 0 Å². The summed E-state index contributed by atoms with van der Waals surface area (Å²) in [5.74, 6) is -2.47. The van der Waals surface area contributed by atoms with E-state index in [2.05, 4.69) is 0 Å². The number of esters is 1. The van der Waals surface area contributed by atoms with Gasteiger partial charge in [0.1, 0.15) is 17.5 Å². The molecule has 0 amide bonds. The van der Waals surface area contributed by atoms with E-state index in [1.807, 2.05) is 47.6 Å². The zero-order valence-corrected chi connectivity index (χ0v) is 29.1. The van der Waals surface area contributed by atoms with Gasteiger partial charge in [-0.1, -0.05) is 65.0 Å². The number of carbonyl (C=O) groups excluding carboxylic acids is 2. The molecule has 0 aromatic heterocycles. The number of Topliss-reactive ketones (excluding diaryl/α,β-unsaturated/α-hetero) is 1. The number of benzene rings is 1. The van der Waals surface area contributed by atoms with Crippen LogP contribution in [-0.4, -0.2) is 63.2 Å². The second-order valence-corrected chi connectivity index (χ2v) is 13.3. The molecule has 7 unspecified atom stereocenters. The predicted molar refractivity (Wildman–Crippen MR) is 144 cm³/mol. The van der Waals surface area contributed by atoms with Crippen molar-refractivity contribution in [2.24, 2.45) is 34.3 Å². The quantitative estimate of drug-likeness (QED) is 0.271. The van der Waals surface area contributed by atoms with Crippen LogP contribution in [0.5, 0.6) is 0 Å². The van der Waals surface area contributed by atoms with Gasteiger partial charge in [0.25, 0.3) is 0 Å². The fraction of sp³-hybridized carbons (Fsp3) is 0.677. The van der Waals surface area contributed by atoms with Crippen LogP contribution >= 0.6 is 0 Å². The summed E-state index contributed by atoms with van der Waals surface area (Å²) in [5, 5.41) is 35.3. The van der Waals surface area contributed by atoms with Crippen LogP contribution < -0.4 is 5.73 Å². The van der Waals surface area contributed by atoms with Gasteiger partial charge in [-0.2, -0.15) is 0 Å². The standard InChI is InChI=1S/C31H43NO7.Ac/c1-16-20(39-27(35)24(33)23(32)19-10-8-7-9-11-19)14-31(37)18(3)25-29(6,13-12-21-30(25,36)15-38-21)26(34)17(2)22(16)28(31,4)5;/h7-11,17-18,20-21,23-25,33,36-37H,12-15,32H2,1-6H3;/t17-,18+,20?,21?,23?,24?,25?,29-,30?,31?;/m1./s1. The zero-order chi connectivity index (χ0) is 28.7. The maximum atomic E-state index is 14.3. The van der Waals surface area contributed by atoms with Crippen molar-refractivity contribution in [3.05, 3.63) is 47.0 Å². The van der Waals surface area contributed by atoms with Crippen molar-refractivity contribution in [2.45, 2.75) is 96.4 Å². The van der Waals surface area contributed by atoms with Gasteiger partial charge in [-0.25, -0.2) is 4.79 Å². The number of carbonyl (C=O) groups is 2. The van der Waals surface area contributed by atoms with Crippen LogP contribution in [0.2, 0.25) is 0 Å². The molecule has 3 fully saturated rings. The van der Waals surface area contributed by atoms with E-state index in [-0.39, 0.29) is 69.0 Å². The first kappa shape index (κ1) is 32.3. The molecule has 1 radical (unpaired) electrons. The molecule has 1 heterocycles. The van der Waals surface area contributed by atoms with Gasteiger partial charge in [-0.15, -0.1) is 0 Å². The Kier molecular flexibility index (Phi) is 8.71. The second kappa shape index (κ2) is 10.8. The molecule has 2 bridgehead atoms. The van der Waals surface area contributed by atoms with Crippen molar-refractivity contribution in [3.8, 4) is 0 Å². The number of rotatable bonds is 4. The minimum atomic E-state index is -1.61. The minimum Gasteiger partial charge on any atom is -0.456 e. The van der Waals surface area contributed by atoms with E-state index in [1.54, 1.807) is 24.3 Å². The molecular weight excluding hydrogens is 725 g/mol. The van der Waals surface area contributed by atoms with E-state index in [4.69, 9.17) is 15.2 Å². The smallest absolute Gasteiger partial charge is 0.337 e. The Hall–Kier alpha value is -0.658. The molecule has 1 aromatic carbocycles. The van der Waals surface area contributed by atoms with Gasteiger partial charge in [0, 0.05) is 73.1 Å². The summed E-state index contributed by atoms with van der Waals surface area (Å²) in [4.78, 5) is 27.5. The second-order valence-electron chi connectivity index (χ2n) is 13.3. The van der Waals surface area contributed by atoms with Gasteiger partial charge >= 0.3 is 5.97 Å². The molecule has 5 rings (SSSR count). The summed E-state index contributed by atoms with van der Waals surface area (Å²) in [5.41, 5.74) is 3.93. The first-order valence-corrected chi connectivity index (χ1v) is 14.1. The number of fused-ring (bicyclic) bond motifs is 5. The van der Waals surface area contributed by atoms with Crippen LogP contribution in [0.1, 0.15) is 72.4 Å². The molecule has 5 N–H and O–H groups in total. The summed E-state index contributed by atoms with van der Waals surface area (Å²) >= 11 is 0. The van der Waals surface area contributed by atoms with Crippen molar-refractivity contribution < 1.29 is 78.4 Å². The van der Waals surface area contributed by atoms with Crippen LogP contribution in [0.4, 0.5) is 0 Å². The molecule has 9 heteroatoms. The Labute approximate surface area is 272 Å². The zero-order valence-electron chi connectivity index (χ0n) is 24.4. The Morgan fingerprint density at radius 1 is 1.15 bits per heavy atom. The third-order valence-corrected chi connectivity index (χ3v) is 11.1. The molecule has 0 spiro atoms. The average Bonchev–Trinajstić information content (AvgIpc) is 2.88. The Balaban J connectivity index is 0.00000370. The first-order chi connectivity index (χ1) is 18.1. The van der Waals surface area contributed by atoms with Gasteiger partial charge in [-0.3, -0.25) is 4.79 Å². The van der Waals surface area contributed by atoms with E-state index in [9.17, 15) is 24.9 Å². The van der Waals surface area contributed by atoms with Crippen molar-refractivity contribution >= 4 is 11.8 Å². The number of aliphatic hydroxyl groups excluding tert-OH is 1. The molecule has 4 aliphatic rings. The summed E-state index contributed by atoms with van der Waals surface area (Å²) < 4.78 is 11.6. The van der Waals surface area contributed by atoms with Crippen molar-refractivity contribution in [1.29, 1.82) is 0 Å². The first-order valence-electron chi connectivity index (χ1n) is 14.1. The van der Waals surface area contributed by atoms with Gasteiger partial charge in [0.15, 0.2) is 6.10 Å². The molecular formula is C31H43AcNO7. The third kappa shape index (κ3) is 4.44. The fourth-order valence-electron chi connectivity index (χ4n) is 8.87. The third-order valence-electron chi connectivity index (χ3n) is 11.1. The number of hydrogen-bond acceptors (Lipinski definition) is 8. The molecule has 1 aliphatic heterocycles. The van der Waals surface area contributed by atoms with E-state index < -0.39 is 64.0 Å². The fourth-order valence-corrected chi connectivity index (χ4v) is 8.87. The maximum absolute atomic E-state index is 14.3. The Morgan fingerprint density at radius 2 is 1.77 bits per heavy atom. The summed E-state index contributed by atoms with van der Waals surface area (Å²) in [7, 11) is 0. The molecule has 2 saturated carbocycles. The van der Waals surface area contributed by atoms with E-state index in [0.717, 1.165) is 5.57 Å². The topological polar surface area (TPSA) is 139 Å². The predicted octanol–water partition coefficient (Wildman–Crippen LogP) is 2.84. The van der Waals surface area contributed by atoms with E-state index in [0.29, 0.717) is 24.0 Å². The van der Waals surface area contributed by atoms with Crippen molar-refractivity contribution in [3.63, 3.8) is 0 Å². The largest absolute Gasteiger partial charge is 0.456 e. The molecule has 217 valence electrons. The number of ketones is 1. The van der Waals surface area contributed by atoms with Crippen LogP contribution in [-0.2, 0) is 19.1 Å². The van der Waals surface area contributed by atoms with Crippen LogP contribution in [0.15, 0.2) is 41.5 Å². The Bertz CT molecular complexity index is 1200. The molecule has 1 aromatic rings. The van der Waals surface area contributed by atoms with E-state index in [1.165, 1.54) is 0 Å². The van der Waals surface area contributed by atoms with Crippen molar-refractivity contribution in [2.75, 3.05) is 6.61 Å². The minimum absolute atomic E-state index is 0. The van der Waals surface area contributed by atoms with Gasteiger partial charge in [0.2, 0.25) is 0 Å². The van der Waals surface area contributed by atoms with Gasteiger partial charge < -0.3 is 30.5 Å². The molecule has 3 aliphatic carbocycles. The van der Waals surface area contributed by atoms with Gasteiger partial charge in [-0.05, 0) is 42.4 Å². The number of nitrogens with two attached hydrogens (primary N) is 1. The number of ether oxygens (including phenoxy) is 2. The van der Waals surface area contributed by atoms with Crippen LogP contribution in [0, 0.1) is 72.6 Å². The maximum Gasteiger partial charge on any atom is 0.337 e. The number of hydrogen-bond donors (Lipinski definition) is 4. The number of aliphatic hydroxyl groups is 3. The molecule has 10 atom stereocenters. The average molecular weight is 769 g/mol. The summed E-state index contributed by atoms with van der Waals surface area (Å²) in [6.07, 6.45) is -1.60. The van der Waals surface area contributed by atoms with Crippen LogP contribution in [0.25, 0.3) is 0 Å². The Morgan fingerprint density at radius 3 is 2.35 bits per heavy atom. The van der Waals surface area contributed by atoms with Crippen LogP contribution in [0.3, 0.4) is 0 Å². The van der Waals surface area contributed by atoms with Crippen molar-refractivity contribution in [1.82, 2.24) is 0 Å². The summed E-state index contributed by atoms with van der Waals surface area (Å²) in [6, 6.07) is 7.86. The molecule has 1 saturated heterocycles. The summed E-state index contributed by atoms with van der Waals surface area (Å²) in [6.45, 7) is 11.6. The van der Waals surface area contributed by atoms with Gasteiger partial charge in [0.05, 0.1) is 24.4 Å². The molecule has 8 nitrogen and oxygen atoms in total. The normalized spacial score (nSPS) is 41.6. The molecule has 40 heavy (non-hydrogen) atoms. The monoisotopic (exact) mass is 768 g/mol. The SMILES string of the molecule is CC1=C2[C@@H](C)C(=O)[C@]3(C)CCC4OCC4(O)C3[C@H](C)C(O)(CC1OC(=O)C(O)C(N)c1ccccc1)C2(C)C.[Ac].